The Morgan fingerprint density at radius 2 is 0.508 bits per heavy atom. The maximum Gasteiger partial charge on any atom is 0.0540 e. The molecule has 10 aromatic rings. The van der Waals surface area contributed by atoms with Crippen molar-refractivity contribution in [3.8, 4) is 77.9 Å². The molecule has 10 rings (SSSR count). The summed E-state index contributed by atoms with van der Waals surface area (Å²) in [7, 11) is 0. The van der Waals surface area contributed by atoms with Crippen molar-refractivity contribution in [1.82, 2.24) is 0 Å². The van der Waals surface area contributed by atoms with Crippen LogP contribution in [0.5, 0.6) is 0 Å². The van der Waals surface area contributed by atoms with Crippen molar-refractivity contribution in [1.29, 1.82) is 0 Å². The van der Waals surface area contributed by atoms with E-state index in [2.05, 4.69) is 266 Å². The minimum Gasteiger partial charge on any atom is -0.310 e. The summed E-state index contributed by atoms with van der Waals surface area (Å²) in [4.78, 5) is 2.44. The summed E-state index contributed by atoms with van der Waals surface area (Å²) in [5.41, 5.74) is 19.8. The molecule has 0 heterocycles. The summed E-state index contributed by atoms with van der Waals surface area (Å²) >= 11 is 0. The molecule has 10 aromatic carbocycles. The third-order valence-electron chi connectivity index (χ3n) is 11.5. The second-order valence-electron chi connectivity index (χ2n) is 15.2. The van der Waals surface area contributed by atoms with Crippen LogP contribution in [0.2, 0.25) is 0 Å². The van der Waals surface area contributed by atoms with Gasteiger partial charge in [0.15, 0.2) is 0 Å². The molecule has 288 valence electrons. The molecule has 0 fully saturated rings. The number of hydrogen-bond donors (Lipinski definition) is 0. The van der Waals surface area contributed by atoms with E-state index in [-0.39, 0.29) is 0 Å². The van der Waals surface area contributed by atoms with Crippen LogP contribution >= 0.6 is 0 Å². The van der Waals surface area contributed by atoms with Gasteiger partial charge in [-0.15, -0.1) is 0 Å². The Hall–Kier alpha value is -8.00. The average molecular weight is 778 g/mol. The SMILES string of the molecule is c1ccc(-c2ccccc2-c2ccccc2-c2ccc(N(c3cc(-c4ccccc4)c(-c4ccccc4)c(-c4ccccc4)c3)c3ccccc3-c3ccccc3)cc2)cc1. The number of hydrogen-bond acceptors (Lipinski definition) is 1. The molecule has 0 bridgehead atoms. The summed E-state index contributed by atoms with van der Waals surface area (Å²) in [6.07, 6.45) is 0. The van der Waals surface area contributed by atoms with Crippen LogP contribution in [0.3, 0.4) is 0 Å². The van der Waals surface area contributed by atoms with Crippen LogP contribution < -0.4 is 4.90 Å². The third kappa shape index (κ3) is 7.58. The van der Waals surface area contributed by atoms with Crippen molar-refractivity contribution in [2.45, 2.75) is 0 Å². The molecule has 0 radical (unpaired) electrons. The highest BCUT2D eigenvalue weighted by Crippen LogP contribution is 2.48. The topological polar surface area (TPSA) is 3.24 Å². The standard InChI is InChI=1S/C60H43N/c1-6-22-44(23-7-1)52-32-16-18-35-55(52)56-36-19-17-33-53(56)48-38-40-50(41-39-48)61(59-37-21-20-34-54(59)45-24-8-2-9-25-45)51-42-57(46-26-10-3-11-27-46)60(49-30-14-5-15-31-49)58(43-51)47-28-12-4-13-29-47/h1-43H. The van der Waals surface area contributed by atoms with Gasteiger partial charge in [-0.2, -0.15) is 0 Å². The molecule has 0 saturated heterocycles. The van der Waals surface area contributed by atoms with Crippen molar-refractivity contribution < 1.29 is 0 Å². The van der Waals surface area contributed by atoms with Gasteiger partial charge in [-0.3, -0.25) is 0 Å². The summed E-state index contributed by atoms with van der Waals surface area (Å²) < 4.78 is 0. The largest absolute Gasteiger partial charge is 0.310 e. The summed E-state index contributed by atoms with van der Waals surface area (Å²) in [5, 5.41) is 0. The van der Waals surface area contributed by atoms with Gasteiger partial charge in [-0.25, -0.2) is 0 Å². The van der Waals surface area contributed by atoms with E-state index in [0.717, 1.165) is 28.2 Å². The maximum atomic E-state index is 2.44. The lowest BCUT2D eigenvalue weighted by atomic mass is 9.86. The van der Waals surface area contributed by atoms with Crippen LogP contribution in [0.25, 0.3) is 77.9 Å². The zero-order chi connectivity index (χ0) is 40.8. The van der Waals surface area contributed by atoms with E-state index in [4.69, 9.17) is 0 Å². The second-order valence-corrected chi connectivity index (χ2v) is 15.2. The second kappa shape index (κ2) is 17.1. The number of para-hydroxylation sites is 1. The highest BCUT2D eigenvalue weighted by molar-refractivity contribution is 6.00. The average Bonchev–Trinajstić information content (AvgIpc) is 3.35. The summed E-state index contributed by atoms with van der Waals surface area (Å²) in [6.45, 7) is 0. The minimum atomic E-state index is 1.07. The highest BCUT2D eigenvalue weighted by Gasteiger charge is 2.23. The van der Waals surface area contributed by atoms with Crippen molar-refractivity contribution in [2.75, 3.05) is 4.90 Å². The zero-order valence-electron chi connectivity index (χ0n) is 33.8. The van der Waals surface area contributed by atoms with Gasteiger partial charge in [-0.05, 0) is 103 Å². The van der Waals surface area contributed by atoms with Crippen LogP contribution in [0, 0.1) is 0 Å². The lowest BCUT2D eigenvalue weighted by molar-refractivity contribution is 1.28. The van der Waals surface area contributed by atoms with Gasteiger partial charge in [0.1, 0.15) is 0 Å². The minimum absolute atomic E-state index is 1.07. The molecule has 0 spiro atoms. The zero-order valence-corrected chi connectivity index (χ0v) is 33.8. The predicted molar refractivity (Wildman–Crippen MR) is 259 cm³/mol. The fraction of sp³-hybridized carbons (Fsp3) is 0. The van der Waals surface area contributed by atoms with E-state index < -0.39 is 0 Å². The molecule has 0 aliphatic heterocycles. The lowest BCUT2D eigenvalue weighted by Crippen LogP contribution is -2.12. The first kappa shape index (κ1) is 37.3. The summed E-state index contributed by atoms with van der Waals surface area (Å²) in [5.74, 6) is 0. The molecular formula is C60H43N. The third-order valence-corrected chi connectivity index (χ3v) is 11.5. The molecular weight excluding hydrogens is 735 g/mol. The van der Waals surface area contributed by atoms with E-state index in [0.29, 0.717) is 0 Å². The number of benzene rings is 10. The number of anilines is 3. The Bertz CT molecular complexity index is 2970. The molecule has 0 aliphatic rings. The Labute approximate surface area is 359 Å². The van der Waals surface area contributed by atoms with Crippen molar-refractivity contribution in [2.24, 2.45) is 0 Å². The highest BCUT2D eigenvalue weighted by atomic mass is 15.1. The van der Waals surface area contributed by atoms with E-state index in [1.807, 2.05) is 0 Å². The fourth-order valence-corrected chi connectivity index (χ4v) is 8.67. The van der Waals surface area contributed by atoms with Crippen LogP contribution in [0.15, 0.2) is 261 Å². The molecule has 0 N–H and O–H groups in total. The quantitative estimate of drug-likeness (QED) is 0.134. The van der Waals surface area contributed by atoms with Gasteiger partial charge in [0.05, 0.1) is 5.69 Å². The van der Waals surface area contributed by atoms with Gasteiger partial charge in [0.25, 0.3) is 0 Å². The lowest BCUT2D eigenvalue weighted by Gasteiger charge is -2.30. The molecule has 0 amide bonds. The summed E-state index contributed by atoms with van der Waals surface area (Å²) in [6, 6.07) is 94.1. The first-order valence-electron chi connectivity index (χ1n) is 20.9. The molecule has 1 nitrogen and oxygen atoms in total. The van der Waals surface area contributed by atoms with Crippen LogP contribution in [0.4, 0.5) is 17.1 Å². The number of nitrogens with zero attached hydrogens (tertiary/aromatic N) is 1. The molecule has 0 atom stereocenters. The molecule has 0 unspecified atom stereocenters. The molecule has 0 aromatic heterocycles. The Morgan fingerprint density at radius 1 is 0.197 bits per heavy atom. The van der Waals surface area contributed by atoms with Gasteiger partial charge in [-0.1, -0.05) is 231 Å². The van der Waals surface area contributed by atoms with E-state index in [1.54, 1.807) is 0 Å². The number of rotatable bonds is 10. The van der Waals surface area contributed by atoms with E-state index >= 15 is 0 Å². The predicted octanol–water partition coefficient (Wildman–Crippen LogP) is 16.8. The Morgan fingerprint density at radius 3 is 0.951 bits per heavy atom. The fourth-order valence-electron chi connectivity index (χ4n) is 8.67. The first-order chi connectivity index (χ1) is 30.3. The van der Waals surface area contributed by atoms with Gasteiger partial charge in [0, 0.05) is 16.9 Å². The van der Waals surface area contributed by atoms with Crippen LogP contribution in [-0.2, 0) is 0 Å². The van der Waals surface area contributed by atoms with Gasteiger partial charge < -0.3 is 4.90 Å². The van der Waals surface area contributed by atoms with Gasteiger partial charge >= 0.3 is 0 Å². The normalized spacial score (nSPS) is 11.0. The monoisotopic (exact) mass is 777 g/mol. The van der Waals surface area contributed by atoms with Crippen LogP contribution in [0.1, 0.15) is 0 Å². The molecule has 0 saturated carbocycles. The van der Waals surface area contributed by atoms with Gasteiger partial charge in [0.2, 0.25) is 0 Å². The molecule has 0 aliphatic carbocycles. The van der Waals surface area contributed by atoms with Crippen molar-refractivity contribution in [3.63, 3.8) is 0 Å². The first-order valence-corrected chi connectivity index (χ1v) is 20.9. The van der Waals surface area contributed by atoms with Crippen molar-refractivity contribution >= 4 is 17.1 Å². The Kier molecular flexibility index (Phi) is 10.4. The van der Waals surface area contributed by atoms with Crippen molar-refractivity contribution in [3.05, 3.63) is 261 Å². The van der Waals surface area contributed by atoms with Crippen LogP contribution in [-0.4, -0.2) is 0 Å². The maximum absolute atomic E-state index is 2.44. The Balaban J connectivity index is 1.19. The molecule has 1 heteroatoms. The van der Waals surface area contributed by atoms with E-state index in [9.17, 15) is 0 Å². The van der Waals surface area contributed by atoms with E-state index in [1.165, 1.54) is 66.8 Å². The smallest absolute Gasteiger partial charge is 0.0540 e. The molecule has 61 heavy (non-hydrogen) atoms.